The molecular formula is C22H26FN9O8P2S2. The largest absolute Gasteiger partial charge is 0.383 e. The van der Waals surface area contributed by atoms with Gasteiger partial charge in [0.25, 0.3) is 5.56 Å². The standard InChI is InChI=1S/C22H26FN9O8P2S2/c23-14-16-13(39-21(14)31-2-1-10-17(24)26-7-27-18(10)31)6-38-41(34,43)37-5-11-9(4-36-42(35,44)40-16)3-12(11)32-8-28-15-19(32)29-22(25)30-20(15)33/h1-2,7-9,11-14,16,21H,3-6H2,(H,34,43)(H,35,44)(H2,24,26,27)(H3,25,29,30,33)/t9-,11-,12-,13-,14-,16-,21-,41?,42?/m1/s1. The molecule has 2 saturated heterocycles. The molecule has 7 rings (SSSR count). The number of anilines is 2. The first-order valence-electron chi connectivity index (χ1n) is 13.3. The minimum atomic E-state index is -4.02. The molecule has 3 aliphatic rings. The number of aromatic amines is 1. The summed E-state index contributed by atoms with van der Waals surface area (Å²) in [5.41, 5.74) is 11.9. The molecule has 0 spiro atoms. The number of H-pyrrole nitrogens is 1. The lowest BCUT2D eigenvalue weighted by atomic mass is 9.70. The van der Waals surface area contributed by atoms with Crippen molar-refractivity contribution in [2.24, 2.45) is 11.8 Å². The van der Waals surface area contributed by atoms with E-state index in [1.165, 1.54) is 23.4 Å². The maximum Gasteiger partial charge on any atom is 0.324 e. The van der Waals surface area contributed by atoms with Crippen LogP contribution in [0.4, 0.5) is 16.2 Å². The van der Waals surface area contributed by atoms with Crippen molar-refractivity contribution in [3.8, 4) is 0 Å². The molecule has 0 bridgehead atoms. The molecule has 7 N–H and O–H groups in total. The summed E-state index contributed by atoms with van der Waals surface area (Å²) in [6, 6.07) is 1.30. The van der Waals surface area contributed by atoms with Crippen molar-refractivity contribution in [3.05, 3.63) is 35.3 Å². The van der Waals surface area contributed by atoms with Crippen molar-refractivity contribution in [2.45, 2.75) is 37.1 Å². The van der Waals surface area contributed by atoms with Gasteiger partial charge in [-0.25, -0.2) is 19.3 Å². The number of nitrogens with one attached hydrogen (secondary N) is 1. The summed E-state index contributed by atoms with van der Waals surface area (Å²) < 4.78 is 47.8. The van der Waals surface area contributed by atoms with Crippen LogP contribution in [0.25, 0.3) is 22.2 Å². The maximum atomic E-state index is 16.0. The fraction of sp³-hybridized carbons (Fsp3) is 0.500. The average molecular weight is 690 g/mol. The van der Waals surface area contributed by atoms with E-state index in [0.29, 0.717) is 17.5 Å². The van der Waals surface area contributed by atoms with E-state index in [1.54, 1.807) is 10.6 Å². The number of hydrogen-bond donors (Lipinski definition) is 5. The molecule has 9 atom stereocenters. The van der Waals surface area contributed by atoms with Gasteiger partial charge in [0.05, 0.1) is 31.5 Å². The number of ether oxygens (including phenoxy) is 1. The van der Waals surface area contributed by atoms with E-state index in [9.17, 15) is 14.6 Å². The Hall–Kier alpha value is -2.48. The fourth-order valence-corrected chi connectivity index (χ4v) is 8.47. The summed E-state index contributed by atoms with van der Waals surface area (Å²) >= 11 is 10.5. The normalized spacial score (nSPS) is 36.6. The molecule has 0 amide bonds. The number of alkyl halides is 1. The van der Waals surface area contributed by atoms with Gasteiger partial charge >= 0.3 is 13.4 Å². The molecule has 4 aromatic heterocycles. The Kier molecular flexibility index (Phi) is 7.61. The first-order valence-corrected chi connectivity index (χ1v) is 18.5. The third kappa shape index (κ3) is 5.37. The van der Waals surface area contributed by atoms with Crippen molar-refractivity contribution < 1.29 is 37.0 Å². The molecule has 1 saturated carbocycles. The van der Waals surface area contributed by atoms with Crippen LogP contribution >= 0.6 is 13.4 Å². The number of imidazole rings is 1. The van der Waals surface area contributed by atoms with E-state index < -0.39 is 50.2 Å². The van der Waals surface area contributed by atoms with Gasteiger partial charge in [0.1, 0.15) is 30.0 Å². The number of hydrogen-bond acceptors (Lipinski definition) is 14. The van der Waals surface area contributed by atoms with Crippen LogP contribution in [-0.4, -0.2) is 82.0 Å². The van der Waals surface area contributed by atoms with Gasteiger partial charge in [0.15, 0.2) is 23.6 Å². The van der Waals surface area contributed by atoms with Gasteiger partial charge in [-0.2, -0.15) is 4.98 Å². The summed E-state index contributed by atoms with van der Waals surface area (Å²) in [5, 5.41) is 0.487. The van der Waals surface area contributed by atoms with E-state index >= 15 is 4.39 Å². The molecule has 6 heterocycles. The Balaban J connectivity index is 1.14. The number of nitrogens with two attached hydrogens (primary N) is 2. The van der Waals surface area contributed by atoms with E-state index in [4.69, 9.17) is 57.9 Å². The number of nitrogen functional groups attached to an aromatic ring is 2. The Morgan fingerprint density at radius 2 is 1.82 bits per heavy atom. The van der Waals surface area contributed by atoms with Gasteiger partial charge in [0, 0.05) is 18.2 Å². The fourth-order valence-electron chi connectivity index (χ4n) is 5.86. The predicted octanol–water partition coefficient (Wildman–Crippen LogP) is 1.02. The first kappa shape index (κ1) is 30.2. The summed E-state index contributed by atoms with van der Waals surface area (Å²) in [6.07, 6.45) is -1.10. The van der Waals surface area contributed by atoms with Gasteiger partial charge in [-0.3, -0.25) is 14.3 Å². The molecule has 236 valence electrons. The quantitative estimate of drug-likeness (QED) is 0.185. The third-order valence-electron chi connectivity index (χ3n) is 8.07. The summed E-state index contributed by atoms with van der Waals surface area (Å²) in [5.74, 6) is -0.510. The number of aromatic nitrogens is 7. The highest BCUT2D eigenvalue weighted by Crippen LogP contribution is 2.55. The summed E-state index contributed by atoms with van der Waals surface area (Å²) in [6.45, 7) is -8.51. The molecule has 2 unspecified atom stereocenters. The zero-order chi connectivity index (χ0) is 31.0. The third-order valence-corrected chi connectivity index (χ3v) is 11.2. The van der Waals surface area contributed by atoms with Gasteiger partial charge in [-0.1, -0.05) is 0 Å². The first-order chi connectivity index (χ1) is 20.9. The average Bonchev–Trinajstić information content (AvgIpc) is 3.63. The summed E-state index contributed by atoms with van der Waals surface area (Å²) in [4.78, 5) is 53.1. The highest BCUT2D eigenvalue weighted by atomic mass is 32.5. The molecule has 1 aliphatic carbocycles. The van der Waals surface area contributed by atoms with Crippen molar-refractivity contribution in [2.75, 3.05) is 31.3 Å². The van der Waals surface area contributed by atoms with Gasteiger partial charge in [-0.15, -0.1) is 0 Å². The van der Waals surface area contributed by atoms with E-state index in [-0.39, 0.29) is 54.0 Å². The second kappa shape index (κ2) is 11.1. The molecule has 22 heteroatoms. The van der Waals surface area contributed by atoms with Crippen molar-refractivity contribution in [1.82, 2.24) is 34.1 Å². The topological polar surface area (TPSA) is 233 Å². The van der Waals surface area contributed by atoms with Crippen LogP contribution < -0.4 is 17.0 Å². The zero-order valence-corrected chi connectivity index (χ0v) is 25.9. The van der Waals surface area contributed by atoms with Crippen molar-refractivity contribution >= 4 is 71.0 Å². The van der Waals surface area contributed by atoms with E-state index in [0.717, 1.165) is 0 Å². The lowest BCUT2D eigenvalue weighted by Crippen LogP contribution is -2.43. The predicted molar refractivity (Wildman–Crippen MR) is 160 cm³/mol. The van der Waals surface area contributed by atoms with Crippen molar-refractivity contribution in [1.29, 1.82) is 0 Å². The van der Waals surface area contributed by atoms with E-state index in [1.807, 2.05) is 0 Å². The second-order valence-electron chi connectivity index (χ2n) is 10.6. The van der Waals surface area contributed by atoms with Crippen LogP contribution in [0.3, 0.4) is 0 Å². The zero-order valence-electron chi connectivity index (χ0n) is 22.5. The van der Waals surface area contributed by atoms with Gasteiger partial charge in [-0.05, 0) is 42.0 Å². The van der Waals surface area contributed by atoms with Crippen molar-refractivity contribution in [3.63, 3.8) is 0 Å². The molecule has 2 aliphatic heterocycles. The Morgan fingerprint density at radius 3 is 2.64 bits per heavy atom. The molecular weight excluding hydrogens is 663 g/mol. The Labute approximate surface area is 257 Å². The highest BCUT2D eigenvalue weighted by Gasteiger charge is 2.51. The van der Waals surface area contributed by atoms with Crippen LogP contribution in [0, 0.1) is 11.8 Å². The SMILES string of the molecule is Nc1nc2c(ncn2[C@@H]2C[C@@H]3COP(O)(=S)O[C@H]4[C@@H](F)[C@H](n5ccc6c(N)ncnc65)O[C@@H]4COP(O)(=S)OC[C@H]32)c(=O)[nH]1. The molecule has 17 nitrogen and oxygen atoms in total. The van der Waals surface area contributed by atoms with Crippen LogP contribution in [-0.2, 0) is 46.4 Å². The van der Waals surface area contributed by atoms with Crippen LogP contribution in [0.1, 0.15) is 18.7 Å². The van der Waals surface area contributed by atoms with Crippen LogP contribution in [0.15, 0.2) is 29.7 Å². The molecule has 44 heavy (non-hydrogen) atoms. The molecule has 0 radical (unpaired) electrons. The van der Waals surface area contributed by atoms with E-state index in [2.05, 4.69) is 24.9 Å². The lowest BCUT2D eigenvalue weighted by Gasteiger charge is -2.45. The lowest BCUT2D eigenvalue weighted by molar-refractivity contribution is -0.0425. The van der Waals surface area contributed by atoms with Gasteiger partial charge < -0.3 is 48.7 Å². The minimum Gasteiger partial charge on any atom is -0.383 e. The smallest absolute Gasteiger partial charge is 0.324 e. The van der Waals surface area contributed by atoms with Gasteiger partial charge in [0.2, 0.25) is 5.95 Å². The maximum absolute atomic E-state index is 16.0. The molecule has 4 aromatic rings. The summed E-state index contributed by atoms with van der Waals surface area (Å²) in [7, 11) is 0. The minimum absolute atomic E-state index is 0.0736. The highest BCUT2D eigenvalue weighted by molar-refractivity contribution is 8.07. The monoisotopic (exact) mass is 689 g/mol. The van der Waals surface area contributed by atoms with Crippen LogP contribution in [0.2, 0.25) is 0 Å². The number of nitrogens with zero attached hydrogens (tertiary/aromatic N) is 6. The molecule has 3 fully saturated rings. The number of fused-ring (bicyclic) bond motifs is 4. The second-order valence-corrected chi connectivity index (χ2v) is 16.3. The molecule has 0 aromatic carbocycles. The number of rotatable bonds is 2. The number of halogens is 1. The Bertz CT molecular complexity index is 1910. The Morgan fingerprint density at radius 1 is 1.05 bits per heavy atom. The van der Waals surface area contributed by atoms with Crippen LogP contribution in [0.5, 0.6) is 0 Å².